The van der Waals surface area contributed by atoms with Gasteiger partial charge in [0.05, 0.1) is 6.54 Å². The number of hydrogen-bond donors (Lipinski definition) is 1. The van der Waals surface area contributed by atoms with Crippen LogP contribution in [0.2, 0.25) is 0 Å². The maximum absolute atomic E-state index is 12.5. The predicted molar refractivity (Wildman–Crippen MR) is 107 cm³/mol. The maximum atomic E-state index is 12.5. The Kier molecular flexibility index (Phi) is 5.69. The van der Waals surface area contributed by atoms with Crippen molar-refractivity contribution in [3.63, 3.8) is 0 Å². The molecule has 1 aromatic carbocycles. The maximum Gasteiger partial charge on any atom is 0.243 e. The second kappa shape index (κ2) is 8.54. The third kappa shape index (κ3) is 4.24. The van der Waals surface area contributed by atoms with Crippen molar-refractivity contribution in [1.82, 2.24) is 19.7 Å². The van der Waals surface area contributed by atoms with Gasteiger partial charge in [0.25, 0.3) is 0 Å². The number of anilines is 1. The number of fused-ring (bicyclic) bond motifs is 1. The van der Waals surface area contributed by atoms with Gasteiger partial charge in [-0.1, -0.05) is 25.0 Å². The predicted octanol–water partition coefficient (Wildman–Crippen LogP) is 3.01. The van der Waals surface area contributed by atoms with Gasteiger partial charge in [-0.15, -0.1) is 10.2 Å². The van der Waals surface area contributed by atoms with Gasteiger partial charge in [-0.25, -0.2) is 0 Å². The number of likely N-dealkylation sites (tertiary alicyclic amines) is 1. The number of aromatic nitrogens is 3. The fourth-order valence-electron chi connectivity index (χ4n) is 4.01. The molecular formula is C21H27N5O2. The third-order valence-electron chi connectivity index (χ3n) is 5.52. The van der Waals surface area contributed by atoms with E-state index in [0.29, 0.717) is 13.0 Å². The highest BCUT2D eigenvalue weighted by atomic mass is 16.2. The molecule has 2 aliphatic rings. The molecule has 2 aliphatic heterocycles. The van der Waals surface area contributed by atoms with E-state index in [9.17, 15) is 9.59 Å². The van der Waals surface area contributed by atoms with Crippen LogP contribution in [0, 0.1) is 0 Å². The fraction of sp³-hybridized carbons (Fsp3) is 0.524. The summed E-state index contributed by atoms with van der Waals surface area (Å²) in [5.41, 5.74) is 1.67. The van der Waals surface area contributed by atoms with Crippen LogP contribution in [-0.4, -0.2) is 44.6 Å². The molecule has 7 heteroatoms. The van der Waals surface area contributed by atoms with Crippen LogP contribution in [0.3, 0.4) is 0 Å². The lowest BCUT2D eigenvalue weighted by molar-refractivity contribution is -0.134. The molecule has 0 unspecified atom stereocenters. The van der Waals surface area contributed by atoms with Crippen LogP contribution < -0.4 is 5.32 Å². The van der Waals surface area contributed by atoms with E-state index in [2.05, 4.69) is 20.1 Å². The normalized spacial score (nSPS) is 17.6. The van der Waals surface area contributed by atoms with Gasteiger partial charge in [0.2, 0.25) is 11.8 Å². The standard InChI is InChI=1S/C21H27N5O2/c27-19(15-25-12-5-2-4-11-20(25)28)22-17-9-7-8-16(14-17)21-24-23-18-10-3-1-6-13-26(18)21/h7-9,14H,1-6,10-13,15H2,(H,22,27). The summed E-state index contributed by atoms with van der Waals surface area (Å²) in [4.78, 5) is 26.3. The molecule has 0 atom stereocenters. The lowest BCUT2D eigenvalue weighted by atomic mass is 10.2. The number of amides is 2. The van der Waals surface area contributed by atoms with Crippen molar-refractivity contribution in [2.45, 2.75) is 57.9 Å². The second-order valence-electron chi connectivity index (χ2n) is 7.66. The van der Waals surface area contributed by atoms with Crippen molar-refractivity contribution in [2.24, 2.45) is 0 Å². The first-order valence-corrected chi connectivity index (χ1v) is 10.3. The zero-order valence-electron chi connectivity index (χ0n) is 16.2. The fourth-order valence-corrected chi connectivity index (χ4v) is 4.01. The lowest BCUT2D eigenvalue weighted by Gasteiger charge is -2.19. The SMILES string of the molecule is O=C(CN1CCCCCC1=O)Nc1cccc(-c2nnc3n2CCCCC3)c1. The molecule has 0 aliphatic carbocycles. The minimum absolute atomic E-state index is 0.0764. The Hall–Kier alpha value is -2.70. The number of nitrogens with one attached hydrogen (secondary N) is 1. The molecule has 2 aromatic rings. The summed E-state index contributed by atoms with van der Waals surface area (Å²) in [6.45, 7) is 1.72. The molecule has 7 nitrogen and oxygen atoms in total. The molecule has 3 heterocycles. The van der Waals surface area contributed by atoms with Gasteiger partial charge in [0, 0.05) is 37.2 Å². The molecule has 2 amide bonds. The van der Waals surface area contributed by atoms with Crippen molar-refractivity contribution in [1.29, 1.82) is 0 Å². The van der Waals surface area contributed by atoms with Gasteiger partial charge in [-0.3, -0.25) is 9.59 Å². The second-order valence-corrected chi connectivity index (χ2v) is 7.66. The van der Waals surface area contributed by atoms with E-state index in [1.54, 1.807) is 4.90 Å². The van der Waals surface area contributed by atoms with Crippen molar-refractivity contribution in [3.05, 3.63) is 30.1 Å². The van der Waals surface area contributed by atoms with E-state index in [4.69, 9.17) is 0 Å². The van der Waals surface area contributed by atoms with E-state index < -0.39 is 0 Å². The summed E-state index contributed by atoms with van der Waals surface area (Å²) < 4.78 is 2.20. The van der Waals surface area contributed by atoms with E-state index in [-0.39, 0.29) is 18.4 Å². The molecule has 1 N–H and O–H groups in total. The lowest BCUT2D eigenvalue weighted by Crippen LogP contribution is -2.37. The van der Waals surface area contributed by atoms with Crippen LogP contribution in [-0.2, 0) is 22.6 Å². The topological polar surface area (TPSA) is 80.1 Å². The number of carbonyl (C=O) groups is 2. The molecular weight excluding hydrogens is 354 g/mol. The third-order valence-corrected chi connectivity index (χ3v) is 5.52. The summed E-state index contributed by atoms with van der Waals surface area (Å²) in [5, 5.41) is 11.7. The van der Waals surface area contributed by atoms with Crippen molar-refractivity contribution < 1.29 is 9.59 Å². The van der Waals surface area contributed by atoms with Crippen molar-refractivity contribution in [2.75, 3.05) is 18.4 Å². The smallest absolute Gasteiger partial charge is 0.243 e. The number of carbonyl (C=O) groups excluding carboxylic acids is 2. The van der Waals surface area contributed by atoms with Crippen LogP contribution in [0.1, 0.15) is 50.8 Å². The molecule has 0 radical (unpaired) electrons. The van der Waals surface area contributed by atoms with Crippen LogP contribution >= 0.6 is 0 Å². The van der Waals surface area contributed by atoms with Crippen molar-refractivity contribution >= 4 is 17.5 Å². The Morgan fingerprint density at radius 2 is 1.82 bits per heavy atom. The minimum atomic E-state index is -0.160. The van der Waals surface area contributed by atoms with Gasteiger partial charge in [-0.2, -0.15) is 0 Å². The first-order valence-electron chi connectivity index (χ1n) is 10.3. The molecule has 148 valence electrons. The molecule has 1 saturated heterocycles. The largest absolute Gasteiger partial charge is 0.333 e. The Morgan fingerprint density at radius 3 is 2.71 bits per heavy atom. The molecule has 0 spiro atoms. The number of rotatable bonds is 4. The number of aryl methyl sites for hydroxylation is 1. The summed E-state index contributed by atoms with van der Waals surface area (Å²) in [6.07, 6.45) is 7.95. The summed E-state index contributed by atoms with van der Waals surface area (Å²) >= 11 is 0. The first-order chi connectivity index (χ1) is 13.7. The van der Waals surface area contributed by atoms with Gasteiger partial charge < -0.3 is 14.8 Å². The summed E-state index contributed by atoms with van der Waals surface area (Å²) in [6, 6.07) is 7.71. The van der Waals surface area contributed by atoms with E-state index in [1.807, 2.05) is 24.3 Å². The van der Waals surface area contributed by atoms with Gasteiger partial charge in [0.1, 0.15) is 5.82 Å². The highest BCUT2D eigenvalue weighted by Gasteiger charge is 2.20. The molecule has 4 rings (SSSR count). The zero-order valence-corrected chi connectivity index (χ0v) is 16.2. The Balaban J connectivity index is 1.46. The Labute approximate surface area is 165 Å². The first kappa shape index (κ1) is 18.7. The highest BCUT2D eigenvalue weighted by molar-refractivity contribution is 5.95. The van der Waals surface area contributed by atoms with Crippen LogP contribution in [0.5, 0.6) is 0 Å². The Bertz CT molecular complexity index is 860. The summed E-state index contributed by atoms with van der Waals surface area (Å²) in [7, 11) is 0. The quantitative estimate of drug-likeness (QED) is 0.883. The van der Waals surface area contributed by atoms with Crippen LogP contribution in [0.15, 0.2) is 24.3 Å². The van der Waals surface area contributed by atoms with Gasteiger partial charge in [-0.05, 0) is 37.8 Å². The molecule has 1 fully saturated rings. The Morgan fingerprint density at radius 1 is 1.00 bits per heavy atom. The van der Waals surface area contributed by atoms with E-state index >= 15 is 0 Å². The molecule has 1 aromatic heterocycles. The number of benzene rings is 1. The highest BCUT2D eigenvalue weighted by Crippen LogP contribution is 2.25. The van der Waals surface area contributed by atoms with E-state index in [1.165, 1.54) is 6.42 Å². The van der Waals surface area contributed by atoms with Crippen LogP contribution in [0.25, 0.3) is 11.4 Å². The van der Waals surface area contributed by atoms with Gasteiger partial charge in [0.15, 0.2) is 5.82 Å². The average Bonchev–Trinajstić information content (AvgIpc) is 2.82. The molecule has 0 bridgehead atoms. The van der Waals surface area contributed by atoms with Gasteiger partial charge >= 0.3 is 0 Å². The minimum Gasteiger partial charge on any atom is -0.333 e. The molecule has 28 heavy (non-hydrogen) atoms. The monoisotopic (exact) mass is 381 g/mol. The number of nitrogens with zero attached hydrogens (tertiary/aromatic N) is 4. The van der Waals surface area contributed by atoms with E-state index in [0.717, 1.165) is 68.0 Å². The zero-order chi connectivity index (χ0) is 19.3. The van der Waals surface area contributed by atoms with Crippen LogP contribution in [0.4, 0.5) is 5.69 Å². The number of hydrogen-bond acceptors (Lipinski definition) is 4. The molecule has 0 saturated carbocycles. The average molecular weight is 381 g/mol. The summed E-state index contributed by atoms with van der Waals surface area (Å²) in [5.74, 6) is 1.82. The van der Waals surface area contributed by atoms with Crippen molar-refractivity contribution in [3.8, 4) is 11.4 Å².